The van der Waals surface area contributed by atoms with Crippen LogP contribution in [0, 0.1) is 0 Å². The molecule has 2 amide bonds. The first-order valence-electron chi connectivity index (χ1n) is 19.2. The molecule has 2 aromatic carbocycles. The number of nitrogens with two attached hydrogens (primary N) is 2. The van der Waals surface area contributed by atoms with Crippen molar-refractivity contribution in [2.75, 3.05) is 0 Å². The molecule has 318 valence electrons. The van der Waals surface area contributed by atoms with Crippen LogP contribution in [0.2, 0.25) is 0 Å². The fourth-order valence-corrected chi connectivity index (χ4v) is 12.4. The van der Waals surface area contributed by atoms with Crippen molar-refractivity contribution in [1.29, 1.82) is 0 Å². The Hall–Kier alpha value is -5.08. The third-order valence-corrected chi connectivity index (χ3v) is 17.1. The van der Waals surface area contributed by atoms with Gasteiger partial charge in [0, 0.05) is 25.5 Å². The molecule has 4 aliphatic rings. The molecule has 0 spiro atoms. The van der Waals surface area contributed by atoms with E-state index in [-0.39, 0.29) is 53.8 Å². The SMILES string of the molecule is CC1(C)[C@H](C(=O)OC(c2ccccc2)c2ccccc2)N2C(=O)/C(=C/c3cc(CN)ccn3)[C@H]2S1(=O)=O.CC1(C)[C@H](C(=O)[O-])N2C(=O)/C(=C/c3cc(CN)ccn3)[C@H]2S1(=O)=O.[Na+]. The van der Waals surface area contributed by atoms with Gasteiger partial charge in [-0.1, -0.05) is 60.7 Å². The minimum atomic E-state index is -3.96. The van der Waals surface area contributed by atoms with Crippen LogP contribution >= 0.6 is 0 Å². The summed E-state index contributed by atoms with van der Waals surface area (Å²) in [5.41, 5.74) is 15.2. The largest absolute Gasteiger partial charge is 1.00 e. The summed E-state index contributed by atoms with van der Waals surface area (Å²) >= 11 is 0. The van der Waals surface area contributed by atoms with Crippen LogP contribution in [0.5, 0.6) is 0 Å². The summed E-state index contributed by atoms with van der Waals surface area (Å²) in [6.07, 6.45) is 5.12. The standard InChI is InChI=1S/C28H27N3O5S.C15H17N3O5S.Na/c1-28(2)24(27(33)36-23(19-9-5-3-6-10-19)20-11-7-4-8-12-20)31-25(32)22(26(31)37(28,34)35)16-21-15-18(17-29)13-14-30-21;1-15(2)11(14(20)21)18-12(19)10(13(18)24(15,22)23)6-9-5-8(7-16)3-4-17-9;/h3-16,23-24,26H,17,29H2,1-2H3;3-6,11,13H,7,16H2,1-2H3,(H,20,21);/q;;+1/p-1/b22-16-;10-6-;/t24-,26+;11-,13+;/m00./s1. The average molecular weight is 891 g/mol. The van der Waals surface area contributed by atoms with Gasteiger partial charge in [-0.25, -0.2) is 21.6 Å². The number of benzene rings is 2. The third-order valence-electron chi connectivity index (χ3n) is 11.6. The fourth-order valence-electron chi connectivity index (χ4n) is 8.13. The topological polar surface area (TPSA) is 253 Å². The molecule has 4 atom stereocenters. The van der Waals surface area contributed by atoms with Gasteiger partial charge in [-0.2, -0.15) is 0 Å². The van der Waals surface area contributed by atoms with Crippen LogP contribution in [0.25, 0.3) is 12.2 Å². The predicted octanol–water partition coefficient (Wildman–Crippen LogP) is -1.58. The van der Waals surface area contributed by atoms with Crippen molar-refractivity contribution >= 4 is 55.6 Å². The molecule has 0 saturated carbocycles. The van der Waals surface area contributed by atoms with Gasteiger partial charge in [0.25, 0.3) is 11.8 Å². The number of pyridine rings is 2. The van der Waals surface area contributed by atoms with Crippen molar-refractivity contribution in [3.63, 3.8) is 0 Å². The molecule has 8 rings (SSSR count). The molecule has 0 unspecified atom stereocenters. The minimum absolute atomic E-state index is 0. The first-order chi connectivity index (χ1) is 28.8. The van der Waals surface area contributed by atoms with E-state index in [0.29, 0.717) is 11.4 Å². The molecule has 0 radical (unpaired) electrons. The molecule has 19 heteroatoms. The van der Waals surface area contributed by atoms with Gasteiger partial charge in [0.15, 0.2) is 42.6 Å². The molecule has 4 saturated heterocycles. The Bertz CT molecular complexity index is 2690. The molecular weight excluding hydrogens is 848 g/mol. The Labute approximate surface area is 381 Å². The molecule has 6 heterocycles. The average Bonchev–Trinajstić information content (AvgIpc) is 3.49. The Balaban J connectivity index is 0.000000222. The summed E-state index contributed by atoms with van der Waals surface area (Å²) in [7, 11) is -7.87. The zero-order chi connectivity index (χ0) is 44.2. The van der Waals surface area contributed by atoms with E-state index in [1.807, 2.05) is 60.7 Å². The molecular formula is C43H43N6NaO10S2. The van der Waals surface area contributed by atoms with Gasteiger partial charge in [0.2, 0.25) is 0 Å². The number of fused-ring (bicyclic) bond motifs is 2. The summed E-state index contributed by atoms with van der Waals surface area (Å²) < 4.78 is 55.4. The van der Waals surface area contributed by atoms with Crippen LogP contribution in [0.3, 0.4) is 0 Å². The van der Waals surface area contributed by atoms with Crippen molar-refractivity contribution in [3.05, 3.63) is 142 Å². The Morgan fingerprint density at radius 1 is 0.710 bits per heavy atom. The van der Waals surface area contributed by atoms with Crippen LogP contribution in [0.1, 0.15) is 67.4 Å². The van der Waals surface area contributed by atoms with E-state index in [1.54, 1.807) is 30.5 Å². The van der Waals surface area contributed by atoms with Crippen LogP contribution in [-0.2, 0) is 56.7 Å². The van der Waals surface area contributed by atoms with Gasteiger partial charge >= 0.3 is 35.5 Å². The number of aromatic nitrogens is 2. The van der Waals surface area contributed by atoms with E-state index in [4.69, 9.17) is 16.2 Å². The number of β-lactam (4-membered cyclic amide) rings is 2. The van der Waals surface area contributed by atoms with Gasteiger partial charge in [0.1, 0.15) is 4.75 Å². The van der Waals surface area contributed by atoms with E-state index in [2.05, 4.69) is 9.97 Å². The maximum atomic E-state index is 13.7. The van der Waals surface area contributed by atoms with Crippen LogP contribution in [0.4, 0.5) is 0 Å². The molecule has 16 nitrogen and oxygen atoms in total. The van der Waals surface area contributed by atoms with E-state index >= 15 is 0 Å². The molecule has 4 fully saturated rings. The minimum Gasteiger partial charge on any atom is -0.548 e. The second-order valence-electron chi connectivity index (χ2n) is 16.0. The number of rotatable bonds is 9. The molecule has 4 aromatic rings. The van der Waals surface area contributed by atoms with E-state index < -0.39 is 81.9 Å². The number of nitrogens with zero attached hydrogens (tertiary/aromatic N) is 4. The summed E-state index contributed by atoms with van der Waals surface area (Å²) in [6.45, 7) is 6.07. The molecule has 2 aromatic heterocycles. The number of carbonyl (C=O) groups excluding carboxylic acids is 4. The second-order valence-corrected chi connectivity index (χ2v) is 21.2. The Morgan fingerprint density at radius 3 is 1.48 bits per heavy atom. The number of aliphatic carboxylic acids is 1. The zero-order valence-electron chi connectivity index (χ0n) is 34.5. The number of amides is 2. The number of sulfone groups is 2. The number of hydrogen-bond donors (Lipinski definition) is 2. The molecule has 4 aliphatic heterocycles. The number of ether oxygens (including phenoxy) is 1. The molecule has 62 heavy (non-hydrogen) atoms. The number of carbonyl (C=O) groups is 4. The van der Waals surface area contributed by atoms with Gasteiger partial charge in [-0.05, 0) is 86.4 Å². The summed E-state index contributed by atoms with van der Waals surface area (Å²) in [5, 5.41) is 8.84. The van der Waals surface area contributed by atoms with Gasteiger partial charge in [-0.15, -0.1) is 0 Å². The smallest absolute Gasteiger partial charge is 0.548 e. The van der Waals surface area contributed by atoms with E-state index in [1.165, 1.54) is 46.0 Å². The van der Waals surface area contributed by atoms with Gasteiger partial charge in [0.05, 0.1) is 39.3 Å². The van der Waals surface area contributed by atoms with Crippen molar-refractivity contribution in [1.82, 2.24) is 19.8 Å². The van der Waals surface area contributed by atoms with Crippen LogP contribution < -0.4 is 46.1 Å². The van der Waals surface area contributed by atoms with E-state index in [9.17, 15) is 41.1 Å². The number of carboxylic acids is 1. The summed E-state index contributed by atoms with van der Waals surface area (Å²) in [5.74, 6) is -3.52. The number of carboxylic acid groups (broad SMARTS) is 1. The van der Waals surface area contributed by atoms with Crippen molar-refractivity contribution < 1.29 is 75.4 Å². The first-order valence-corrected chi connectivity index (χ1v) is 22.3. The van der Waals surface area contributed by atoms with Gasteiger partial charge in [-0.3, -0.25) is 19.6 Å². The second kappa shape index (κ2) is 17.2. The van der Waals surface area contributed by atoms with Crippen molar-refractivity contribution in [3.8, 4) is 0 Å². The molecule has 0 bridgehead atoms. The normalized spacial score (nSPS) is 24.5. The quantitative estimate of drug-likeness (QED) is 0.0834. The maximum absolute atomic E-state index is 13.7. The maximum Gasteiger partial charge on any atom is 1.00 e. The fraction of sp³-hybridized carbons (Fsp3) is 0.302. The van der Waals surface area contributed by atoms with Gasteiger partial charge < -0.3 is 35.9 Å². The monoisotopic (exact) mass is 890 g/mol. The van der Waals surface area contributed by atoms with Crippen molar-refractivity contribution in [2.45, 2.75) is 79.2 Å². The zero-order valence-corrected chi connectivity index (χ0v) is 38.2. The molecule has 4 N–H and O–H groups in total. The van der Waals surface area contributed by atoms with Crippen molar-refractivity contribution in [2.24, 2.45) is 11.5 Å². The number of esters is 1. The molecule has 0 aliphatic carbocycles. The first kappa shape index (κ1) is 46.4. The van der Waals surface area contributed by atoms with Crippen LogP contribution in [-0.4, -0.2) is 92.7 Å². The number of hydrogen-bond acceptors (Lipinski definition) is 14. The summed E-state index contributed by atoms with van der Waals surface area (Å²) in [4.78, 5) is 60.9. The predicted molar refractivity (Wildman–Crippen MR) is 221 cm³/mol. The third kappa shape index (κ3) is 7.60. The Kier molecular flexibility index (Phi) is 12.9. The van der Waals surface area contributed by atoms with E-state index in [0.717, 1.165) is 32.1 Å². The van der Waals surface area contributed by atoms with Crippen LogP contribution in [0.15, 0.2) is 108 Å². The summed E-state index contributed by atoms with van der Waals surface area (Å²) in [6, 6.07) is 22.4. The Morgan fingerprint density at radius 2 is 1.10 bits per heavy atom.